The van der Waals surface area contributed by atoms with E-state index >= 15 is 0 Å². The first-order valence-corrected chi connectivity index (χ1v) is 6.48. The molecule has 0 heterocycles. The molecule has 0 aliphatic heterocycles. The van der Waals surface area contributed by atoms with E-state index in [1.54, 1.807) is 0 Å². The van der Waals surface area contributed by atoms with Crippen molar-refractivity contribution in [3.8, 4) is 0 Å². The highest BCUT2D eigenvalue weighted by Gasteiger charge is 2.05. The van der Waals surface area contributed by atoms with Gasteiger partial charge in [-0.1, -0.05) is 38.8 Å². The molecule has 0 aliphatic carbocycles. The molecule has 0 aromatic heterocycles. The highest BCUT2D eigenvalue weighted by Crippen LogP contribution is 2.20. The van der Waals surface area contributed by atoms with Crippen LogP contribution in [-0.2, 0) is 17.6 Å². The van der Waals surface area contributed by atoms with Gasteiger partial charge in [-0.2, -0.15) is 0 Å². The number of carbonyl (C=O) groups excluding carboxylic acids is 1. The zero-order valence-electron chi connectivity index (χ0n) is 10.9. The Balaban J connectivity index is 2.62. The molecule has 0 saturated carbocycles. The first kappa shape index (κ1) is 13.8. The van der Waals surface area contributed by atoms with Crippen LogP contribution in [0.1, 0.15) is 44.2 Å². The minimum absolute atomic E-state index is 0.484. The number of hydrogen-bond donors (Lipinski definition) is 1. The number of carbonyl (C=O) groups is 1. The maximum Gasteiger partial charge on any atom is 0.124 e. The largest absolute Gasteiger partial charge is 0.399 e. The lowest BCUT2D eigenvalue weighted by molar-refractivity contribution is -0.107. The first-order chi connectivity index (χ1) is 8.17. The summed E-state index contributed by atoms with van der Waals surface area (Å²) in [5.41, 5.74) is 9.06. The average molecular weight is 233 g/mol. The second-order valence-corrected chi connectivity index (χ2v) is 4.84. The molecule has 2 nitrogen and oxygen atoms in total. The van der Waals surface area contributed by atoms with Gasteiger partial charge in [-0.05, 0) is 36.0 Å². The molecule has 1 aromatic carbocycles. The molecule has 94 valence electrons. The van der Waals surface area contributed by atoms with Crippen LogP contribution in [0, 0.1) is 5.92 Å². The molecule has 0 bridgehead atoms. The summed E-state index contributed by atoms with van der Waals surface area (Å²) in [6.07, 6.45) is 6.12. The Bertz CT molecular complexity index is 360. The van der Waals surface area contributed by atoms with Crippen molar-refractivity contribution in [3.63, 3.8) is 0 Å². The zero-order valence-corrected chi connectivity index (χ0v) is 10.9. The van der Waals surface area contributed by atoms with Crippen LogP contribution >= 0.6 is 0 Å². The third-order valence-corrected chi connectivity index (χ3v) is 3.21. The molecule has 17 heavy (non-hydrogen) atoms. The van der Waals surface area contributed by atoms with E-state index in [1.165, 1.54) is 24.8 Å². The molecule has 2 heteroatoms. The van der Waals surface area contributed by atoms with Gasteiger partial charge in [0.15, 0.2) is 0 Å². The Morgan fingerprint density at radius 1 is 1.35 bits per heavy atom. The van der Waals surface area contributed by atoms with Crippen LogP contribution in [0.15, 0.2) is 18.2 Å². The number of nitrogen functional groups attached to an aromatic ring is 1. The van der Waals surface area contributed by atoms with Crippen LogP contribution in [0.25, 0.3) is 0 Å². The van der Waals surface area contributed by atoms with Crippen molar-refractivity contribution in [2.75, 3.05) is 5.73 Å². The van der Waals surface area contributed by atoms with Crippen LogP contribution in [-0.4, -0.2) is 6.29 Å². The average Bonchev–Trinajstić information content (AvgIpc) is 2.30. The maximum absolute atomic E-state index is 10.5. The summed E-state index contributed by atoms with van der Waals surface area (Å²) in [5.74, 6) is 0.745. The van der Waals surface area contributed by atoms with Gasteiger partial charge in [0.25, 0.3) is 0 Å². The van der Waals surface area contributed by atoms with Gasteiger partial charge in [0.2, 0.25) is 0 Å². The number of nitrogens with two attached hydrogens (primary N) is 1. The zero-order chi connectivity index (χ0) is 12.7. The Labute approximate surface area is 104 Å². The van der Waals surface area contributed by atoms with E-state index < -0.39 is 0 Å². The standard InChI is InChI=1S/C15H23NO/c1-3-4-12(2)5-7-14-11-13(9-10-17)6-8-15(14)16/h6,8,10-12H,3-5,7,9,16H2,1-2H3. The molecule has 2 N–H and O–H groups in total. The number of anilines is 1. The van der Waals surface area contributed by atoms with E-state index in [9.17, 15) is 4.79 Å². The molecule has 1 rings (SSSR count). The summed E-state index contributed by atoms with van der Waals surface area (Å²) in [5, 5.41) is 0. The van der Waals surface area contributed by atoms with E-state index in [0.29, 0.717) is 6.42 Å². The summed E-state index contributed by atoms with van der Waals surface area (Å²) in [6.45, 7) is 4.50. The SMILES string of the molecule is CCCC(C)CCc1cc(CC=O)ccc1N. The van der Waals surface area contributed by atoms with Crippen molar-refractivity contribution in [2.45, 2.75) is 46.0 Å². The van der Waals surface area contributed by atoms with E-state index in [4.69, 9.17) is 5.73 Å². The molecule has 0 radical (unpaired) electrons. The summed E-state index contributed by atoms with van der Waals surface area (Å²) >= 11 is 0. The second kappa shape index (κ2) is 7.10. The lowest BCUT2D eigenvalue weighted by Crippen LogP contribution is -2.01. The molecule has 0 saturated heterocycles. The van der Waals surface area contributed by atoms with Crippen molar-refractivity contribution in [3.05, 3.63) is 29.3 Å². The first-order valence-electron chi connectivity index (χ1n) is 6.48. The van der Waals surface area contributed by atoms with Gasteiger partial charge in [-0.15, -0.1) is 0 Å². The Kier molecular flexibility index (Phi) is 5.75. The Hall–Kier alpha value is -1.31. The fourth-order valence-corrected chi connectivity index (χ4v) is 2.14. The van der Waals surface area contributed by atoms with Gasteiger partial charge in [-0.3, -0.25) is 0 Å². The van der Waals surface area contributed by atoms with Crippen LogP contribution in [0.2, 0.25) is 0 Å². The topological polar surface area (TPSA) is 43.1 Å². The minimum Gasteiger partial charge on any atom is -0.399 e. The second-order valence-electron chi connectivity index (χ2n) is 4.84. The molecule has 1 unspecified atom stereocenters. The van der Waals surface area contributed by atoms with Crippen LogP contribution < -0.4 is 5.73 Å². The van der Waals surface area contributed by atoms with Crippen molar-refractivity contribution >= 4 is 12.0 Å². The predicted molar refractivity (Wildman–Crippen MR) is 73.0 cm³/mol. The van der Waals surface area contributed by atoms with Crippen LogP contribution in [0.4, 0.5) is 5.69 Å². The quantitative estimate of drug-likeness (QED) is 0.579. The van der Waals surface area contributed by atoms with Crippen LogP contribution in [0.3, 0.4) is 0 Å². The van der Waals surface area contributed by atoms with Gasteiger partial charge < -0.3 is 10.5 Å². The van der Waals surface area contributed by atoms with Crippen molar-refractivity contribution in [2.24, 2.45) is 5.92 Å². The molecular weight excluding hydrogens is 210 g/mol. The van der Waals surface area contributed by atoms with Crippen molar-refractivity contribution < 1.29 is 4.79 Å². The third kappa shape index (κ3) is 4.59. The van der Waals surface area contributed by atoms with E-state index in [1.807, 2.05) is 12.1 Å². The Morgan fingerprint density at radius 2 is 2.12 bits per heavy atom. The van der Waals surface area contributed by atoms with E-state index in [0.717, 1.165) is 29.9 Å². The van der Waals surface area contributed by atoms with Gasteiger partial charge in [-0.25, -0.2) is 0 Å². The molecule has 0 aliphatic rings. The minimum atomic E-state index is 0.484. The third-order valence-electron chi connectivity index (χ3n) is 3.21. The summed E-state index contributed by atoms with van der Waals surface area (Å²) in [7, 11) is 0. The summed E-state index contributed by atoms with van der Waals surface area (Å²) in [6, 6.07) is 5.92. The summed E-state index contributed by atoms with van der Waals surface area (Å²) in [4.78, 5) is 10.5. The monoisotopic (exact) mass is 233 g/mol. The number of aryl methyl sites for hydroxylation is 1. The van der Waals surface area contributed by atoms with Crippen molar-refractivity contribution in [1.29, 1.82) is 0 Å². The number of hydrogen-bond acceptors (Lipinski definition) is 2. The molecule has 1 aromatic rings. The van der Waals surface area contributed by atoms with Gasteiger partial charge in [0.1, 0.15) is 6.29 Å². The van der Waals surface area contributed by atoms with Crippen molar-refractivity contribution in [1.82, 2.24) is 0 Å². The maximum atomic E-state index is 10.5. The van der Waals surface area contributed by atoms with Gasteiger partial charge >= 0.3 is 0 Å². The lowest BCUT2D eigenvalue weighted by Gasteiger charge is -2.12. The van der Waals surface area contributed by atoms with E-state index in [-0.39, 0.29) is 0 Å². The molecular formula is C15H23NO. The van der Waals surface area contributed by atoms with Crippen LogP contribution in [0.5, 0.6) is 0 Å². The summed E-state index contributed by atoms with van der Waals surface area (Å²) < 4.78 is 0. The number of benzene rings is 1. The smallest absolute Gasteiger partial charge is 0.124 e. The highest BCUT2D eigenvalue weighted by atomic mass is 16.1. The molecule has 0 amide bonds. The Morgan fingerprint density at radius 3 is 2.76 bits per heavy atom. The fraction of sp³-hybridized carbons (Fsp3) is 0.533. The highest BCUT2D eigenvalue weighted by molar-refractivity contribution is 5.57. The lowest BCUT2D eigenvalue weighted by atomic mass is 9.95. The predicted octanol–water partition coefficient (Wildman–Crippen LogP) is 3.38. The molecule has 1 atom stereocenters. The molecule has 0 spiro atoms. The number of rotatable bonds is 7. The molecule has 0 fully saturated rings. The number of aldehydes is 1. The fourth-order valence-electron chi connectivity index (χ4n) is 2.14. The van der Waals surface area contributed by atoms with Gasteiger partial charge in [0, 0.05) is 12.1 Å². The van der Waals surface area contributed by atoms with Gasteiger partial charge in [0.05, 0.1) is 0 Å². The van der Waals surface area contributed by atoms with E-state index in [2.05, 4.69) is 19.9 Å². The normalized spacial score (nSPS) is 12.4.